The van der Waals surface area contributed by atoms with Crippen LogP contribution in [0.15, 0.2) is 11.6 Å². The second kappa shape index (κ2) is 9.88. The average molecular weight is 398 g/mol. The zero-order valence-corrected chi connectivity index (χ0v) is 18.6. The van der Waals surface area contributed by atoms with Crippen LogP contribution in [-0.2, 0) is 14.3 Å². The molecule has 0 saturated carbocycles. The number of nitrogens with zero attached hydrogens (tertiary/aromatic N) is 1. The molecule has 28 heavy (non-hydrogen) atoms. The van der Waals surface area contributed by atoms with E-state index in [1.165, 1.54) is 0 Å². The fraction of sp³-hybridized carbons (Fsp3) is 0.818. The van der Waals surface area contributed by atoms with E-state index in [4.69, 9.17) is 4.74 Å². The van der Waals surface area contributed by atoms with Gasteiger partial charge >= 0.3 is 5.97 Å². The van der Waals surface area contributed by atoms with Gasteiger partial charge in [0.15, 0.2) is 5.60 Å². The summed E-state index contributed by atoms with van der Waals surface area (Å²) in [4.78, 5) is 24.6. The third kappa shape index (κ3) is 7.21. The van der Waals surface area contributed by atoms with E-state index in [1.807, 2.05) is 6.08 Å². The van der Waals surface area contributed by atoms with Crippen molar-refractivity contribution in [2.24, 2.45) is 23.2 Å². The molecule has 1 fully saturated rings. The number of allylic oxidation sites excluding steroid dienone is 1. The Morgan fingerprint density at radius 1 is 1.21 bits per heavy atom. The summed E-state index contributed by atoms with van der Waals surface area (Å²) in [5.41, 5.74) is -1.54. The van der Waals surface area contributed by atoms with Crippen molar-refractivity contribution in [2.45, 2.75) is 79.8 Å². The van der Waals surface area contributed by atoms with Crippen molar-refractivity contribution in [2.75, 3.05) is 13.2 Å². The lowest BCUT2D eigenvalue weighted by Gasteiger charge is -2.31. The van der Waals surface area contributed by atoms with E-state index in [0.717, 1.165) is 19.3 Å². The summed E-state index contributed by atoms with van der Waals surface area (Å²) < 4.78 is 5.43. The predicted molar refractivity (Wildman–Crippen MR) is 109 cm³/mol. The largest absolute Gasteiger partial charge is 0.451 e. The fourth-order valence-electron chi connectivity index (χ4n) is 3.76. The van der Waals surface area contributed by atoms with E-state index in [9.17, 15) is 19.9 Å². The summed E-state index contributed by atoms with van der Waals surface area (Å²) >= 11 is 0. The molecule has 0 aromatic carbocycles. The van der Waals surface area contributed by atoms with Gasteiger partial charge in [-0.2, -0.15) is 0 Å². The summed E-state index contributed by atoms with van der Waals surface area (Å²) in [5.74, 6) is 0.698. The third-order valence-corrected chi connectivity index (χ3v) is 4.99. The van der Waals surface area contributed by atoms with Crippen molar-refractivity contribution in [1.82, 2.24) is 5.06 Å². The maximum Gasteiger partial charge on any atom is 0.334 e. The van der Waals surface area contributed by atoms with E-state index in [-0.39, 0.29) is 13.0 Å². The van der Waals surface area contributed by atoms with Gasteiger partial charge in [0.1, 0.15) is 0 Å². The standard InChI is InChI=1S/C22H39NO5/c1-15(2)10-17(11-16(3)4)8-9-18-12-22(14-24,28-19(18)25)13-23(27)20(26)21(5,6)7/h9,15-17,24,27H,8,10-14H2,1-7H3/b18-9+. The van der Waals surface area contributed by atoms with Crippen LogP contribution in [0.25, 0.3) is 0 Å². The highest BCUT2D eigenvalue weighted by molar-refractivity contribution is 5.91. The molecule has 1 rings (SSSR count). The van der Waals surface area contributed by atoms with Crippen LogP contribution in [0, 0.1) is 23.2 Å². The summed E-state index contributed by atoms with van der Waals surface area (Å²) in [7, 11) is 0. The van der Waals surface area contributed by atoms with Gasteiger partial charge in [0.25, 0.3) is 5.91 Å². The first-order valence-corrected chi connectivity index (χ1v) is 10.3. The van der Waals surface area contributed by atoms with Crippen molar-refractivity contribution in [3.63, 3.8) is 0 Å². The molecule has 1 amide bonds. The number of esters is 1. The normalized spacial score (nSPS) is 21.9. The monoisotopic (exact) mass is 397 g/mol. The molecule has 1 atom stereocenters. The zero-order chi connectivity index (χ0) is 21.7. The summed E-state index contributed by atoms with van der Waals surface area (Å²) in [5, 5.41) is 20.6. The number of hydroxylamine groups is 2. The van der Waals surface area contributed by atoms with Gasteiger partial charge in [-0.15, -0.1) is 0 Å². The predicted octanol–water partition coefficient (Wildman–Crippen LogP) is 3.95. The van der Waals surface area contributed by atoms with Gasteiger partial charge in [-0.3, -0.25) is 10.0 Å². The Morgan fingerprint density at radius 3 is 2.18 bits per heavy atom. The van der Waals surface area contributed by atoms with Crippen LogP contribution in [0.4, 0.5) is 0 Å². The Morgan fingerprint density at radius 2 is 1.75 bits per heavy atom. The quantitative estimate of drug-likeness (QED) is 0.266. The van der Waals surface area contributed by atoms with Crippen LogP contribution in [0.5, 0.6) is 0 Å². The molecule has 0 bridgehead atoms. The van der Waals surface area contributed by atoms with Crippen LogP contribution < -0.4 is 0 Å². The highest BCUT2D eigenvalue weighted by atomic mass is 16.6. The molecule has 0 aromatic rings. The molecule has 1 aliphatic heterocycles. The first-order valence-electron chi connectivity index (χ1n) is 10.3. The zero-order valence-electron chi connectivity index (χ0n) is 18.6. The number of amides is 1. The lowest BCUT2D eigenvalue weighted by atomic mass is 9.86. The number of carbonyl (C=O) groups excluding carboxylic acids is 2. The number of carbonyl (C=O) groups is 2. The van der Waals surface area contributed by atoms with Gasteiger partial charge < -0.3 is 9.84 Å². The number of hydrogen-bond acceptors (Lipinski definition) is 5. The van der Waals surface area contributed by atoms with Gasteiger partial charge in [0.05, 0.1) is 13.2 Å². The van der Waals surface area contributed by atoms with Crippen molar-refractivity contribution in [3.05, 3.63) is 11.6 Å². The minimum atomic E-state index is -1.29. The van der Waals surface area contributed by atoms with Crippen LogP contribution in [0.3, 0.4) is 0 Å². The Labute approximate surface area is 169 Å². The van der Waals surface area contributed by atoms with E-state index in [2.05, 4.69) is 27.7 Å². The first-order chi connectivity index (χ1) is 12.8. The van der Waals surface area contributed by atoms with E-state index in [0.29, 0.717) is 28.4 Å². The topological polar surface area (TPSA) is 87.1 Å². The maximum atomic E-state index is 12.4. The average Bonchev–Trinajstić information content (AvgIpc) is 2.86. The molecule has 1 saturated heterocycles. The van der Waals surface area contributed by atoms with Crippen molar-refractivity contribution < 1.29 is 24.6 Å². The molecule has 0 spiro atoms. The number of cyclic esters (lactones) is 1. The van der Waals surface area contributed by atoms with E-state index >= 15 is 0 Å². The number of aliphatic hydroxyl groups is 1. The van der Waals surface area contributed by atoms with Gasteiger partial charge in [0, 0.05) is 17.4 Å². The highest BCUT2D eigenvalue weighted by Crippen LogP contribution is 2.34. The first kappa shape index (κ1) is 24.6. The molecular formula is C22H39NO5. The number of hydrogen-bond donors (Lipinski definition) is 2. The van der Waals surface area contributed by atoms with Crippen molar-refractivity contribution >= 4 is 11.9 Å². The molecule has 1 heterocycles. The van der Waals surface area contributed by atoms with Gasteiger partial charge in [-0.05, 0) is 37.0 Å². The molecular weight excluding hydrogens is 358 g/mol. The second-order valence-corrected chi connectivity index (χ2v) is 10.1. The summed E-state index contributed by atoms with van der Waals surface area (Å²) in [6, 6.07) is 0. The fourth-order valence-corrected chi connectivity index (χ4v) is 3.76. The molecule has 1 unspecified atom stereocenters. The van der Waals surface area contributed by atoms with E-state index in [1.54, 1.807) is 20.8 Å². The van der Waals surface area contributed by atoms with Crippen molar-refractivity contribution in [3.8, 4) is 0 Å². The Hall–Kier alpha value is -1.40. The molecule has 0 aliphatic carbocycles. The smallest absolute Gasteiger partial charge is 0.334 e. The lowest BCUT2D eigenvalue weighted by molar-refractivity contribution is -0.193. The Kier molecular flexibility index (Phi) is 8.69. The van der Waals surface area contributed by atoms with Gasteiger partial charge in [0.2, 0.25) is 0 Å². The number of rotatable bonds is 9. The number of aliphatic hydroxyl groups excluding tert-OH is 1. The minimum absolute atomic E-state index is 0.187. The molecule has 0 radical (unpaired) electrons. The number of ether oxygens (including phenoxy) is 1. The molecule has 6 nitrogen and oxygen atoms in total. The maximum absolute atomic E-state index is 12.4. The molecule has 1 aliphatic rings. The minimum Gasteiger partial charge on any atom is -0.451 e. The molecule has 6 heteroatoms. The summed E-state index contributed by atoms with van der Waals surface area (Å²) in [6.07, 6.45) is 5.07. The Balaban J connectivity index is 2.87. The van der Waals surface area contributed by atoms with Crippen LogP contribution in [0.2, 0.25) is 0 Å². The third-order valence-electron chi connectivity index (χ3n) is 4.99. The Bertz CT molecular complexity index is 566. The molecule has 0 aromatic heterocycles. The van der Waals surface area contributed by atoms with Crippen molar-refractivity contribution in [1.29, 1.82) is 0 Å². The molecule has 162 valence electrons. The SMILES string of the molecule is CC(C)CC(C/C=C1\CC(CO)(CN(O)C(=O)C(C)(C)C)OC1=O)CC(C)C. The van der Waals surface area contributed by atoms with Gasteiger partial charge in [-0.25, -0.2) is 9.86 Å². The van der Waals surface area contributed by atoms with Gasteiger partial charge in [-0.1, -0.05) is 54.5 Å². The molecule has 2 N–H and O–H groups in total. The van der Waals surface area contributed by atoms with Crippen LogP contribution in [-0.4, -0.2) is 46.0 Å². The van der Waals surface area contributed by atoms with E-state index < -0.39 is 29.5 Å². The van der Waals surface area contributed by atoms with Crippen LogP contribution >= 0.6 is 0 Å². The second-order valence-electron chi connectivity index (χ2n) is 10.1. The lowest BCUT2D eigenvalue weighted by Crippen LogP contribution is -2.49. The summed E-state index contributed by atoms with van der Waals surface area (Å²) in [6.45, 7) is 13.2. The van der Waals surface area contributed by atoms with Crippen LogP contribution in [0.1, 0.15) is 74.1 Å². The highest BCUT2D eigenvalue weighted by Gasteiger charge is 2.46.